The summed E-state index contributed by atoms with van der Waals surface area (Å²) in [6, 6.07) is 9.00. The van der Waals surface area contributed by atoms with Crippen LogP contribution in [0.4, 0.5) is 13.2 Å². The number of hydrogen-bond acceptors (Lipinski definition) is 4. The van der Waals surface area contributed by atoms with Gasteiger partial charge in [0.2, 0.25) is 5.91 Å². The second kappa shape index (κ2) is 11.9. The molecule has 1 aliphatic carbocycles. The van der Waals surface area contributed by atoms with E-state index in [4.69, 9.17) is 4.74 Å². The minimum atomic E-state index is -4.13. The van der Waals surface area contributed by atoms with Crippen LogP contribution in [0.2, 0.25) is 0 Å². The third kappa shape index (κ3) is 7.56. The van der Waals surface area contributed by atoms with Crippen LogP contribution in [0.5, 0.6) is 5.75 Å². The van der Waals surface area contributed by atoms with Crippen molar-refractivity contribution in [3.8, 4) is 5.75 Å². The number of amides is 2. The van der Waals surface area contributed by atoms with Gasteiger partial charge in [0.05, 0.1) is 25.6 Å². The molecule has 1 aromatic carbocycles. The number of carbonyl (C=O) groups is 2. The van der Waals surface area contributed by atoms with Gasteiger partial charge < -0.3 is 15.4 Å². The predicted octanol–water partition coefficient (Wildman–Crippen LogP) is 4.69. The van der Waals surface area contributed by atoms with E-state index in [1.165, 1.54) is 13.3 Å². The highest BCUT2D eigenvalue weighted by Crippen LogP contribution is 2.40. The number of methoxy groups -OCH3 is 1. The van der Waals surface area contributed by atoms with E-state index in [0.29, 0.717) is 24.2 Å². The lowest BCUT2D eigenvalue weighted by atomic mass is 9.81. The number of benzene rings is 1. The first-order valence-corrected chi connectivity index (χ1v) is 11.5. The van der Waals surface area contributed by atoms with Crippen molar-refractivity contribution in [1.29, 1.82) is 0 Å². The van der Waals surface area contributed by atoms with Gasteiger partial charge in [-0.15, -0.1) is 0 Å². The first-order valence-electron chi connectivity index (χ1n) is 11.5. The normalized spacial score (nSPS) is 18.3. The van der Waals surface area contributed by atoms with Crippen LogP contribution in [-0.2, 0) is 17.8 Å². The SMILES string of the molecule is CNC(=O)Cc1cccc(CNC(=O)c2cc(/C=C/[C@H]3CC[C@H](C(F)(F)F)CC3)c(OC)cn2)c1. The van der Waals surface area contributed by atoms with Crippen molar-refractivity contribution >= 4 is 17.9 Å². The van der Waals surface area contributed by atoms with E-state index in [0.717, 1.165) is 11.1 Å². The number of hydrogen-bond donors (Lipinski definition) is 2. The van der Waals surface area contributed by atoms with Gasteiger partial charge in [0.15, 0.2) is 0 Å². The van der Waals surface area contributed by atoms with Crippen LogP contribution in [0.1, 0.15) is 52.9 Å². The summed E-state index contributed by atoms with van der Waals surface area (Å²) < 4.78 is 44.0. The Bertz CT molecular complexity index is 1060. The molecule has 0 unspecified atom stereocenters. The molecule has 0 bridgehead atoms. The van der Waals surface area contributed by atoms with Crippen LogP contribution in [0.3, 0.4) is 0 Å². The molecule has 6 nitrogen and oxygen atoms in total. The largest absolute Gasteiger partial charge is 0.495 e. The van der Waals surface area contributed by atoms with E-state index in [1.807, 2.05) is 30.3 Å². The summed E-state index contributed by atoms with van der Waals surface area (Å²) in [5.74, 6) is -1.16. The highest BCUT2D eigenvalue weighted by atomic mass is 19.4. The predicted molar refractivity (Wildman–Crippen MR) is 127 cm³/mol. The smallest absolute Gasteiger partial charge is 0.391 e. The van der Waals surface area contributed by atoms with Gasteiger partial charge in [0.1, 0.15) is 11.4 Å². The topological polar surface area (TPSA) is 80.3 Å². The number of allylic oxidation sites excluding steroid dienone is 1. The summed E-state index contributed by atoms with van der Waals surface area (Å²) in [7, 11) is 3.07. The second-order valence-electron chi connectivity index (χ2n) is 8.68. The Labute approximate surface area is 203 Å². The molecule has 0 atom stereocenters. The van der Waals surface area contributed by atoms with E-state index in [2.05, 4.69) is 15.6 Å². The molecule has 1 fully saturated rings. The Balaban J connectivity index is 1.63. The van der Waals surface area contributed by atoms with Gasteiger partial charge in [-0.3, -0.25) is 9.59 Å². The fourth-order valence-electron chi connectivity index (χ4n) is 4.16. The average molecular weight is 490 g/mol. The number of ether oxygens (including phenoxy) is 1. The third-order valence-electron chi connectivity index (χ3n) is 6.22. The fraction of sp³-hybridized carbons (Fsp3) is 0.423. The highest BCUT2D eigenvalue weighted by molar-refractivity contribution is 5.93. The van der Waals surface area contributed by atoms with E-state index in [1.54, 1.807) is 19.2 Å². The molecular formula is C26H30F3N3O3. The second-order valence-corrected chi connectivity index (χ2v) is 8.68. The van der Waals surface area contributed by atoms with Gasteiger partial charge in [-0.1, -0.05) is 36.4 Å². The standard InChI is InChI=1S/C26H30F3N3O3/c1-30-24(33)13-18-4-3-5-19(12-18)15-32-25(34)22-14-20(23(35-2)16-31-22)9-6-17-7-10-21(11-8-17)26(27,28)29/h3-6,9,12,14,16-17,21H,7-8,10-11,13,15H2,1-2H3,(H,30,33)(H,32,34)/b9-6+/t17-,21-. The van der Waals surface area contributed by atoms with Crippen LogP contribution < -0.4 is 15.4 Å². The van der Waals surface area contributed by atoms with Crippen molar-refractivity contribution in [2.45, 2.75) is 44.8 Å². The number of halogens is 3. The summed E-state index contributed by atoms with van der Waals surface area (Å²) in [5.41, 5.74) is 2.53. The molecule has 3 rings (SSSR count). The zero-order valence-electron chi connectivity index (χ0n) is 19.8. The van der Waals surface area contributed by atoms with Crippen LogP contribution in [0.25, 0.3) is 6.08 Å². The maximum atomic E-state index is 12.9. The van der Waals surface area contributed by atoms with Crippen molar-refractivity contribution in [2.24, 2.45) is 11.8 Å². The van der Waals surface area contributed by atoms with Gasteiger partial charge in [-0.2, -0.15) is 13.2 Å². The zero-order valence-corrected chi connectivity index (χ0v) is 19.8. The molecule has 0 spiro atoms. The molecule has 35 heavy (non-hydrogen) atoms. The summed E-state index contributed by atoms with van der Waals surface area (Å²) >= 11 is 0. The number of rotatable bonds is 8. The van der Waals surface area contributed by atoms with E-state index in [9.17, 15) is 22.8 Å². The number of aromatic nitrogens is 1. The van der Waals surface area contributed by atoms with Crippen LogP contribution >= 0.6 is 0 Å². The Morgan fingerprint density at radius 1 is 1.14 bits per heavy atom. The molecule has 1 saturated carbocycles. The van der Waals surface area contributed by atoms with Crippen molar-refractivity contribution in [3.63, 3.8) is 0 Å². The van der Waals surface area contributed by atoms with Crippen LogP contribution in [-0.4, -0.2) is 37.1 Å². The van der Waals surface area contributed by atoms with Gasteiger partial charge in [-0.05, 0) is 48.8 Å². The summed E-state index contributed by atoms with van der Waals surface area (Å²) in [4.78, 5) is 28.5. The molecule has 1 heterocycles. The summed E-state index contributed by atoms with van der Waals surface area (Å²) in [6.07, 6.45) is 2.47. The quantitative estimate of drug-likeness (QED) is 0.564. The lowest BCUT2D eigenvalue weighted by Gasteiger charge is -2.28. The molecule has 0 radical (unpaired) electrons. The Hall–Kier alpha value is -3.36. The minimum absolute atomic E-state index is 0.0471. The maximum Gasteiger partial charge on any atom is 0.391 e. The first kappa shape index (κ1) is 26.2. The molecule has 0 saturated heterocycles. The Morgan fingerprint density at radius 3 is 2.51 bits per heavy atom. The highest BCUT2D eigenvalue weighted by Gasteiger charge is 2.40. The number of carbonyl (C=O) groups excluding carboxylic acids is 2. The maximum absolute atomic E-state index is 12.9. The van der Waals surface area contributed by atoms with Crippen molar-refractivity contribution in [1.82, 2.24) is 15.6 Å². The van der Waals surface area contributed by atoms with Crippen molar-refractivity contribution in [2.75, 3.05) is 14.2 Å². The lowest BCUT2D eigenvalue weighted by Crippen LogP contribution is -2.27. The Kier molecular flexibility index (Phi) is 8.89. The number of nitrogens with one attached hydrogen (secondary N) is 2. The number of nitrogens with zero attached hydrogens (tertiary/aromatic N) is 1. The molecule has 0 aliphatic heterocycles. The third-order valence-corrected chi connectivity index (χ3v) is 6.22. The lowest BCUT2D eigenvalue weighted by molar-refractivity contribution is -0.183. The molecule has 9 heteroatoms. The van der Waals surface area contributed by atoms with E-state index < -0.39 is 12.1 Å². The zero-order chi connectivity index (χ0) is 25.4. The molecular weight excluding hydrogens is 459 g/mol. The van der Waals surface area contributed by atoms with Gasteiger partial charge >= 0.3 is 6.18 Å². The molecule has 1 aliphatic rings. The van der Waals surface area contributed by atoms with Crippen molar-refractivity contribution < 1.29 is 27.5 Å². The van der Waals surface area contributed by atoms with Crippen LogP contribution in [0.15, 0.2) is 42.6 Å². The van der Waals surface area contributed by atoms with Gasteiger partial charge in [0.25, 0.3) is 5.91 Å². The molecule has 2 amide bonds. The fourth-order valence-corrected chi connectivity index (χ4v) is 4.16. The Morgan fingerprint density at radius 2 is 1.86 bits per heavy atom. The molecule has 2 aromatic rings. The number of likely N-dealkylation sites (N-methyl/N-ethyl adjacent to an activating group) is 1. The number of pyridine rings is 1. The van der Waals surface area contributed by atoms with Gasteiger partial charge in [0, 0.05) is 19.2 Å². The van der Waals surface area contributed by atoms with Crippen molar-refractivity contribution in [3.05, 3.63) is 65.0 Å². The molecule has 188 valence electrons. The summed E-state index contributed by atoms with van der Waals surface area (Å²) in [5, 5.41) is 5.41. The average Bonchev–Trinajstić information content (AvgIpc) is 2.85. The molecule has 1 aromatic heterocycles. The monoisotopic (exact) mass is 489 g/mol. The first-order chi connectivity index (χ1) is 16.7. The number of alkyl halides is 3. The van der Waals surface area contributed by atoms with E-state index >= 15 is 0 Å². The van der Waals surface area contributed by atoms with Gasteiger partial charge in [-0.25, -0.2) is 4.98 Å². The van der Waals surface area contributed by atoms with Crippen LogP contribution in [0, 0.1) is 11.8 Å². The minimum Gasteiger partial charge on any atom is -0.495 e. The molecule has 2 N–H and O–H groups in total. The summed E-state index contributed by atoms with van der Waals surface area (Å²) in [6.45, 7) is 0.266. The van der Waals surface area contributed by atoms with E-state index in [-0.39, 0.29) is 49.2 Å².